The van der Waals surface area contributed by atoms with Crippen molar-refractivity contribution in [2.45, 2.75) is 44.6 Å². The van der Waals surface area contributed by atoms with Crippen molar-refractivity contribution < 1.29 is 4.79 Å². The molecule has 2 unspecified atom stereocenters. The topological polar surface area (TPSA) is 41.1 Å². The van der Waals surface area contributed by atoms with Gasteiger partial charge in [-0.25, -0.2) is 0 Å². The summed E-state index contributed by atoms with van der Waals surface area (Å²) in [6, 6.07) is 5.92. The average Bonchev–Trinajstić information content (AvgIpc) is 3.34. The third-order valence-electron chi connectivity index (χ3n) is 4.82. The molecule has 4 heteroatoms. The summed E-state index contributed by atoms with van der Waals surface area (Å²) in [6.45, 7) is 0. The van der Waals surface area contributed by atoms with Crippen molar-refractivity contribution in [1.82, 2.24) is 5.32 Å². The number of nitrogens with one attached hydrogen (secondary N) is 2. The molecule has 0 radical (unpaired) electrons. The second-order valence-corrected chi connectivity index (χ2v) is 6.79. The molecular formula is C17H23ClN2O. The van der Waals surface area contributed by atoms with Gasteiger partial charge in [0.05, 0.1) is 10.7 Å². The Hall–Kier alpha value is -1.22. The van der Waals surface area contributed by atoms with Gasteiger partial charge >= 0.3 is 0 Å². The van der Waals surface area contributed by atoms with Crippen LogP contribution in [-0.2, 0) is 0 Å². The normalized spacial score (nSPS) is 25.4. The Balaban J connectivity index is 1.69. The van der Waals surface area contributed by atoms with Crippen LogP contribution in [0.3, 0.4) is 0 Å². The van der Waals surface area contributed by atoms with Gasteiger partial charge in [0.15, 0.2) is 0 Å². The van der Waals surface area contributed by atoms with Crippen molar-refractivity contribution in [3.63, 3.8) is 0 Å². The summed E-state index contributed by atoms with van der Waals surface area (Å²) in [5.74, 6) is 1.79. The molecule has 2 fully saturated rings. The zero-order valence-corrected chi connectivity index (χ0v) is 13.2. The Labute approximate surface area is 131 Å². The summed E-state index contributed by atoms with van der Waals surface area (Å²) in [5, 5.41) is 6.91. The van der Waals surface area contributed by atoms with Gasteiger partial charge in [0.25, 0.3) is 5.91 Å². The molecule has 0 heterocycles. The maximum atomic E-state index is 11.7. The van der Waals surface area contributed by atoms with E-state index in [-0.39, 0.29) is 5.91 Å². The minimum Gasteiger partial charge on any atom is -0.381 e. The number of amides is 1. The summed E-state index contributed by atoms with van der Waals surface area (Å²) in [7, 11) is 1.64. The number of carbonyl (C=O) groups excluding carboxylic acids is 1. The number of anilines is 1. The molecular weight excluding hydrogens is 284 g/mol. The quantitative estimate of drug-likeness (QED) is 0.880. The van der Waals surface area contributed by atoms with Gasteiger partial charge < -0.3 is 10.6 Å². The SMILES string of the molecule is CNC(=O)c1ccc(Cl)c(NC2CCCC(C3CC3)C2)c1. The first kappa shape index (κ1) is 14.7. The Morgan fingerprint density at radius 3 is 2.71 bits per heavy atom. The van der Waals surface area contributed by atoms with Gasteiger partial charge in [-0.05, 0) is 55.7 Å². The largest absolute Gasteiger partial charge is 0.381 e. The van der Waals surface area contributed by atoms with E-state index in [9.17, 15) is 4.79 Å². The highest BCUT2D eigenvalue weighted by Crippen LogP contribution is 2.44. The second kappa shape index (κ2) is 6.27. The number of hydrogen-bond donors (Lipinski definition) is 2. The van der Waals surface area contributed by atoms with Crippen LogP contribution in [0.5, 0.6) is 0 Å². The number of halogens is 1. The van der Waals surface area contributed by atoms with Gasteiger partial charge in [0, 0.05) is 18.7 Å². The minimum absolute atomic E-state index is 0.0748. The molecule has 2 atom stereocenters. The number of rotatable bonds is 4. The first-order chi connectivity index (χ1) is 10.2. The lowest BCUT2D eigenvalue weighted by molar-refractivity contribution is 0.0963. The Kier molecular flexibility index (Phi) is 4.39. The third-order valence-corrected chi connectivity index (χ3v) is 5.15. The van der Waals surface area contributed by atoms with Gasteiger partial charge in [0.2, 0.25) is 0 Å². The lowest BCUT2D eigenvalue weighted by Crippen LogP contribution is -2.28. The molecule has 1 amide bonds. The molecule has 0 aromatic heterocycles. The van der Waals surface area contributed by atoms with E-state index in [0.717, 1.165) is 17.5 Å². The maximum Gasteiger partial charge on any atom is 0.251 e. The minimum atomic E-state index is -0.0748. The van der Waals surface area contributed by atoms with Crippen molar-refractivity contribution >= 4 is 23.2 Å². The fraction of sp³-hybridized carbons (Fsp3) is 0.588. The lowest BCUT2D eigenvalue weighted by Gasteiger charge is -2.31. The first-order valence-electron chi connectivity index (χ1n) is 7.95. The van der Waals surface area contributed by atoms with E-state index in [1.807, 2.05) is 6.07 Å². The molecule has 2 aliphatic carbocycles. The number of benzene rings is 1. The van der Waals surface area contributed by atoms with Crippen molar-refractivity contribution in [3.8, 4) is 0 Å². The van der Waals surface area contributed by atoms with Gasteiger partial charge in [-0.2, -0.15) is 0 Å². The van der Waals surface area contributed by atoms with Crippen molar-refractivity contribution in [3.05, 3.63) is 28.8 Å². The van der Waals surface area contributed by atoms with Crippen LogP contribution in [0.4, 0.5) is 5.69 Å². The zero-order valence-electron chi connectivity index (χ0n) is 12.5. The smallest absolute Gasteiger partial charge is 0.251 e. The Bertz CT molecular complexity index is 528. The van der Waals surface area contributed by atoms with E-state index >= 15 is 0 Å². The predicted molar refractivity (Wildman–Crippen MR) is 86.9 cm³/mol. The number of hydrogen-bond acceptors (Lipinski definition) is 2. The van der Waals surface area contributed by atoms with Crippen LogP contribution >= 0.6 is 11.6 Å². The Morgan fingerprint density at radius 1 is 1.19 bits per heavy atom. The van der Waals surface area contributed by atoms with Crippen molar-refractivity contribution in [2.24, 2.45) is 11.8 Å². The van der Waals surface area contributed by atoms with Crippen molar-refractivity contribution in [2.75, 3.05) is 12.4 Å². The molecule has 2 aliphatic rings. The van der Waals surface area contributed by atoms with Gasteiger partial charge in [-0.3, -0.25) is 4.79 Å². The van der Waals surface area contributed by atoms with Crippen LogP contribution in [-0.4, -0.2) is 19.0 Å². The summed E-state index contributed by atoms with van der Waals surface area (Å²) in [4.78, 5) is 11.7. The van der Waals surface area contributed by atoms with E-state index in [1.54, 1.807) is 19.2 Å². The van der Waals surface area contributed by atoms with Gasteiger partial charge in [-0.1, -0.05) is 24.4 Å². The van der Waals surface area contributed by atoms with Gasteiger partial charge in [0.1, 0.15) is 0 Å². The van der Waals surface area contributed by atoms with Crippen LogP contribution in [0.1, 0.15) is 48.9 Å². The highest BCUT2D eigenvalue weighted by Gasteiger charge is 2.34. The first-order valence-corrected chi connectivity index (χ1v) is 8.33. The van der Waals surface area contributed by atoms with E-state index in [4.69, 9.17) is 11.6 Å². The summed E-state index contributed by atoms with van der Waals surface area (Å²) in [6.07, 6.45) is 7.96. The maximum absolute atomic E-state index is 11.7. The molecule has 0 bridgehead atoms. The van der Waals surface area contributed by atoms with Crippen LogP contribution in [0.15, 0.2) is 18.2 Å². The molecule has 0 aliphatic heterocycles. The van der Waals surface area contributed by atoms with E-state index in [0.29, 0.717) is 16.6 Å². The molecule has 0 spiro atoms. The zero-order chi connectivity index (χ0) is 14.8. The fourth-order valence-electron chi connectivity index (χ4n) is 3.50. The molecule has 2 N–H and O–H groups in total. The van der Waals surface area contributed by atoms with Gasteiger partial charge in [-0.15, -0.1) is 0 Å². The summed E-state index contributed by atoms with van der Waals surface area (Å²) >= 11 is 6.28. The molecule has 1 aromatic carbocycles. The highest BCUT2D eigenvalue weighted by atomic mass is 35.5. The molecule has 21 heavy (non-hydrogen) atoms. The van der Waals surface area contributed by atoms with Crippen LogP contribution in [0.2, 0.25) is 5.02 Å². The van der Waals surface area contributed by atoms with E-state index in [2.05, 4.69) is 10.6 Å². The van der Waals surface area contributed by atoms with Crippen LogP contribution in [0, 0.1) is 11.8 Å². The average molecular weight is 307 g/mol. The second-order valence-electron chi connectivity index (χ2n) is 6.38. The number of carbonyl (C=O) groups is 1. The van der Waals surface area contributed by atoms with Crippen LogP contribution in [0.25, 0.3) is 0 Å². The highest BCUT2D eigenvalue weighted by molar-refractivity contribution is 6.33. The third kappa shape index (κ3) is 3.52. The van der Waals surface area contributed by atoms with E-state index in [1.165, 1.54) is 38.5 Å². The summed E-state index contributed by atoms with van der Waals surface area (Å²) < 4.78 is 0. The molecule has 0 saturated heterocycles. The molecule has 2 saturated carbocycles. The lowest BCUT2D eigenvalue weighted by atomic mass is 9.82. The molecule has 3 nitrogen and oxygen atoms in total. The van der Waals surface area contributed by atoms with E-state index < -0.39 is 0 Å². The monoisotopic (exact) mass is 306 g/mol. The Morgan fingerprint density at radius 2 is 2.00 bits per heavy atom. The molecule has 3 rings (SSSR count). The fourth-order valence-corrected chi connectivity index (χ4v) is 3.67. The predicted octanol–water partition coefficient (Wildman–Crippen LogP) is 4.08. The molecule has 1 aromatic rings. The standard InChI is InChI=1S/C17H23ClN2O/c1-19-17(21)13-7-8-15(18)16(10-13)20-14-4-2-3-12(9-14)11-5-6-11/h7-8,10-12,14,20H,2-6,9H2,1H3,(H,19,21). The van der Waals surface area contributed by atoms with Crippen LogP contribution < -0.4 is 10.6 Å². The molecule has 114 valence electrons. The summed E-state index contributed by atoms with van der Waals surface area (Å²) in [5.41, 5.74) is 1.54. The van der Waals surface area contributed by atoms with Crippen molar-refractivity contribution in [1.29, 1.82) is 0 Å².